The minimum Gasteiger partial charge on any atom is -0.445 e. The molecule has 0 unspecified atom stereocenters. The molecule has 1 aromatic heterocycles. The third-order valence-corrected chi connectivity index (χ3v) is 4.67. The Morgan fingerprint density at radius 3 is 2.43 bits per heavy atom. The van der Waals surface area contributed by atoms with Gasteiger partial charge in [0.2, 0.25) is 10.0 Å². The van der Waals surface area contributed by atoms with E-state index < -0.39 is 10.0 Å². The van der Waals surface area contributed by atoms with Crippen LogP contribution < -0.4 is 4.72 Å². The van der Waals surface area contributed by atoms with Gasteiger partial charge < -0.3 is 4.42 Å². The third-order valence-electron chi connectivity index (χ3n) is 3.20. The Bertz CT molecular complexity index is 542. The van der Waals surface area contributed by atoms with E-state index in [-0.39, 0.29) is 11.2 Å². The van der Waals surface area contributed by atoms with E-state index in [0.29, 0.717) is 25.8 Å². The lowest BCUT2D eigenvalue weighted by Gasteiger charge is -2.12. The quantitative estimate of drug-likeness (QED) is 0.748. The number of oxazole rings is 1. The molecular weight excluding hydrogens is 288 g/mol. The molecule has 1 heterocycles. The smallest absolute Gasteiger partial charge is 0.211 e. The molecule has 1 N–H and O–H groups in total. The molecule has 0 atom stereocenters. The van der Waals surface area contributed by atoms with Gasteiger partial charge >= 0.3 is 0 Å². The summed E-state index contributed by atoms with van der Waals surface area (Å²) in [7, 11) is -3.12. The molecule has 1 aromatic rings. The predicted molar refractivity (Wildman–Crippen MR) is 85.0 cm³/mol. The molecule has 5 nitrogen and oxygen atoms in total. The summed E-state index contributed by atoms with van der Waals surface area (Å²) in [5, 5.41) is 0. The summed E-state index contributed by atoms with van der Waals surface area (Å²) < 4.78 is 31.7. The zero-order valence-corrected chi connectivity index (χ0v) is 14.6. The molecule has 0 bridgehead atoms. The molecule has 0 aliphatic heterocycles. The third kappa shape index (κ3) is 6.18. The Kier molecular flexibility index (Phi) is 6.41. The molecule has 0 spiro atoms. The highest BCUT2D eigenvalue weighted by Crippen LogP contribution is 2.24. The number of nitrogens with zero attached hydrogens (tertiary/aromatic N) is 1. The van der Waals surface area contributed by atoms with Crippen LogP contribution in [0.3, 0.4) is 0 Å². The summed E-state index contributed by atoms with van der Waals surface area (Å²) in [5.74, 6) is 1.80. The highest BCUT2D eigenvalue weighted by molar-refractivity contribution is 7.89. The van der Waals surface area contributed by atoms with E-state index >= 15 is 0 Å². The van der Waals surface area contributed by atoms with Crippen LogP contribution in [0.2, 0.25) is 0 Å². The standard InChI is InChI=1S/C15H28N2O3S/c1-6-7-11-21(18,19)16-10-8-9-13-12(2)17-14(20-13)15(3,4)5/h16H,6-11H2,1-5H3. The Morgan fingerprint density at radius 1 is 1.24 bits per heavy atom. The first-order valence-corrected chi connectivity index (χ1v) is 9.25. The van der Waals surface area contributed by atoms with Gasteiger partial charge in [0.1, 0.15) is 5.76 Å². The number of unbranched alkanes of at least 4 members (excludes halogenated alkanes) is 1. The van der Waals surface area contributed by atoms with Gasteiger partial charge in [-0.25, -0.2) is 18.1 Å². The van der Waals surface area contributed by atoms with Crippen LogP contribution in [0.1, 0.15) is 64.3 Å². The van der Waals surface area contributed by atoms with Gasteiger partial charge in [0.05, 0.1) is 11.4 Å². The number of hydrogen-bond donors (Lipinski definition) is 1. The van der Waals surface area contributed by atoms with E-state index in [4.69, 9.17) is 4.42 Å². The van der Waals surface area contributed by atoms with Crippen molar-refractivity contribution in [2.24, 2.45) is 0 Å². The SMILES string of the molecule is CCCCS(=O)(=O)NCCCc1oc(C(C)(C)C)nc1C. The molecule has 21 heavy (non-hydrogen) atoms. The molecule has 0 fully saturated rings. The van der Waals surface area contributed by atoms with Crippen LogP contribution in [0.25, 0.3) is 0 Å². The van der Waals surface area contributed by atoms with Crippen molar-refractivity contribution < 1.29 is 12.8 Å². The first-order valence-electron chi connectivity index (χ1n) is 7.60. The molecule has 0 aliphatic rings. The van der Waals surface area contributed by atoms with Gasteiger partial charge in [0.25, 0.3) is 0 Å². The lowest BCUT2D eigenvalue weighted by molar-refractivity contribution is 0.370. The van der Waals surface area contributed by atoms with Gasteiger partial charge in [0, 0.05) is 18.4 Å². The normalized spacial score (nSPS) is 12.8. The Balaban J connectivity index is 2.45. The van der Waals surface area contributed by atoms with Crippen LogP contribution in [0.4, 0.5) is 0 Å². The predicted octanol–water partition coefficient (Wildman–Crippen LogP) is 2.93. The lowest BCUT2D eigenvalue weighted by atomic mass is 9.97. The topological polar surface area (TPSA) is 72.2 Å². The number of sulfonamides is 1. The highest BCUT2D eigenvalue weighted by atomic mass is 32.2. The number of hydrogen-bond acceptors (Lipinski definition) is 4. The van der Waals surface area contributed by atoms with Gasteiger partial charge in [-0.2, -0.15) is 0 Å². The summed E-state index contributed by atoms with van der Waals surface area (Å²) in [6.45, 7) is 10.5. The molecule has 122 valence electrons. The van der Waals surface area contributed by atoms with E-state index in [1.54, 1.807) is 0 Å². The Morgan fingerprint density at radius 2 is 1.90 bits per heavy atom. The summed E-state index contributed by atoms with van der Waals surface area (Å²) in [4.78, 5) is 4.44. The van der Waals surface area contributed by atoms with E-state index in [9.17, 15) is 8.42 Å². The van der Waals surface area contributed by atoms with E-state index in [0.717, 1.165) is 23.8 Å². The lowest BCUT2D eigenvalue weighted by Crippen LogP contribution is -2.27. The molecule has 0 aliphatic carbocycles. The van der Waals surface area contributed by atoms with Crippen molar-refractivity contribution in [3.05, 3.63) is 17.3 Å². The molecule has 0 saturated heterocycles. The largest absolute Gasteiger partial charge is 0.445 e. The van der Waals surface area contributed by atoms with Crippen molar-refractivity contribution in [2.45, 2.75) is 65.7 Å². The molecule has 0 amide bonds. The van der Waals surface area contributed by atoms with Crippen molar-refractivity contribution in [2.75, 3.05) is 12.3 Å². The second-order valence-corrected chi connectivity index (χ2v) is 8.37. The average molecular weight is 316 g/mol. The van der Waals surface area contributed by atoms with Gasteiger partial charge in [-0.15, -0.1) is 0 Å². The van der Waals surface area contributed by atoms with Crippen molar-refractivity contribution >= 4 is 10.0 Å². The fourth-order valence-corrected chi connectivity index (χ4v) is 3.13. The van der Waals surface area contributed by atoms with E-state index in [1.165, 1.54) is 0 Å². The second kappa shape index (κ2) is 7.40. The van der Waals surface area contributed by atoms with Crippen LogP contribution in [0.5, 0.6) is 0 Å². The zero-order valence-electron chi connectivity index (χ0n) is 13.8. The maximum atomic E-state index is 11.7. The van der Waals surface area contributed by atoms with Crippen LogP contribution in [-0.2, 0) is 21.9 Å². The van der Waals surface area contributed by atoms with Crippen molar-refractivity contribution in [1.82, 2.24) is 9.71 Å². The second-order valence-electron chi connectivity index (χ2n) is 6.45. The highest BCUT2D eigenvalue weighted by Gasteiger charge is 2.22. The van der Waals surface area contributed by atoms with Crippen molar-refractivity contribution in [3.8, 4) is 0 Å². The first-order chi connectivity index (χ1) is 9.65. The number of rotatable bonds is 8. The molecular formula is C15H28N2O3S. The summed E-state index contributed by atoms with van der Waals surface area (Å²) in [6.07, 6.45) is 3.00. The maximum Gasteiger partial charge on any atom is 0.211 e. The van der Waals surface area contributed by atoms with Crippen LogP contribution in [0, 0.1) is 6.92 Å². The minimum atomic E-state index is -3.12. The summed E-state index contributed by atoms with van der Waals surface area (Å²) in [5.41, 5.74) is 0.791. The van der Waals surface area contributed by atoms with Gasteiger partial charge in [-0.05, 0) is 19.8 Å². The zero-order chi connectivity index (χ0) is 16.1. The Labute approximate surface area is 128 Å². The summed E-state index contributed by atoms with van der Waals surface area (Å²) in [6, 6.07) is 0. The first kappa shape index (κ1) is 18.2. The van der Waals surface area contributed by atoms with Crippen LogP contribution >= 0.6 is 0 Å². The number of aromatic nitrogens is 1. The van der Waals surface area contributed by atoms with Crippen LogP contribution in [0.15, 0.2) is 4.42 Å². The molecule has 0 radical (unpaired) electrons. The molecule has 1 rings (SSSR count). The number of nitrogens with one attached hydrogen (secondary N) is 1. The maximum absolute atomic E-state index is 11.7. The number of aryl methyl sites for hydroxylation is 2. The van der Waals surface area contributed by atoms with Gasteiger partial charge in [-0.3, -0.25) is 0 Å². The molecule has 6 heteroatoms. The summed E-state index contributed by atoms with van der Waals surface area (Å²) >= 11 is 0. The minimum absolute atomic E-state index is 0.106. The van der Waals surface area contributed by atoms with E-state index in [2.05, 4.69) is 30.5 Å². The van der Waals surface area contributed by atoms with Crippen LogP contribution in [-0.4, -0.2) is 25.7 Å². The average Bonchev–Trinajstić information content (AvgIpc) is 2.74. The monoisotopic (exact) mass is 316 g/mol. The Hall–Kier alpha value is -0.880. The van der Waals surface area contributed by atoms with Gasteiger partial charge in [-0.1, -0.05) is 34.1 Å². The van der Waals surface area contributed by atoms with Crippen molar-refractivity contribution in [3.63, 3.8) is 0 Å². The molecule has 0 saturated carbocycles. The fourth-order valence-electron chi connectivity index (χ4n) is 1.86. The van der Waals surface area contributed by atoms with E-state index in [1.807, 2.05) is 13.8 Å². The fraction of sp³-hybridized carbons (Fsp3) is 0.800. The van der Waals surface area contributed by atoms with Crippen molar-refractivity contribution in [1.29, 1.82) is 0 Å². The molecule has 0 aromatic carbocycles. The van der Waals surface area contributed by atoms with Gasteiger partial charge in [0.15, 0.2) is 5.89 Å².